The van der Waals surface area contributed by atoms with Gasteiger partial charge >= 0.3 is 0 Å². The van der Waals surface area contributed by atoms with E-state index in [2.05, 4.69) is 30.6 Å². The molecule has 0 radical (unpaired) electrons. The van der Waals surface area contributed by atoms with E-state index >= 15 is 0 Å². The van der Waals surface area contributed by atoms with Gasteiger partial charge in [-0.15, -0.1) is 5.10 Å². The SMILES string of the molecule is CC(C)c1nc(C(=O)Nc2ncnn2C)n[nH]1. The molecule has 8 heteroatoms. The second kappa shape index (κ2) is 4.32. The van der Waals surface area contributed by atoms with Gasteiger partial charge in [-0.2, -0.15) is 10.1 Å². The van der Waals surface area contributed by atoms with E-state index in [0.29, 0.717) is 11.8 Å². The summed E-state index contributed by atoms with van der Waals surface area (Å²) >= 11 is 0. The summed E-state index contributed by atoms with van der Waals surface area (Å²) in [5.41, 5.74) is 0. The molecule has 17 heavy (non-hydrogen) atoms. The van der Waals surface area contributed by atoms with Crippen LogP contribution in [-0.2, 0) is 7.05 Å². The molecule has 0 atom stereocenters. The maximum absolute atomic E-state index is 11.8. The Balaban J connectivity index is 2.12. The van der Waals surface area contributed by atoms with Crippen molar-refractivity contribution in [2.45, 2.75) is 19.8 Å². The maximum atomic E-state index is 11.8. The third-order valence-corrected chi connectivity index (χ3v) is 2.19. The van der Waals surface area contributed by atoms with Crippen LogP contribution in [0.3, 0.4) is 0 Å². The molecular formula is C9H13N7O. The topological polar surface area (TPSA) is 101 Å². The molecule has 0 bridgehead atoms. The monoisotopic (exact) mass is 235 g/mol. The molecule has 0 spiro atoms. The standard InChI is InChI=1S/C9H13N7O/c1-5(2)6-12-7(15-14-6)8(17)13-9-10-4-11-16(9)3/h4-5H,1-3H3,(H,12,14,15)(H,10,11,13,17). The number of hydrogen-bond donors (Lipinski definition) is 2. The van der Waals surface area contributed by atoms with E-state index in [1.807, 2.05) is 13.8 Å². The number of aryl methyl sites for hydroxylation is 1. The van der Waals surface area contributed by atoms with Crippen molar-refractivity contribution in [3.63, 3.8) is 0 Å². The molecule has 0 saturated heterocycles. The third-order valence-electron chi connectivity index (χ3n) is 2.19. The summed E-state index contributed by atoms with van der Waals surface area (Å²) in [4.78, 5) is 19.7. The number of nitrogens with zero attached hydrogens (tertiary/aromatic N) is 5. The Hall–Kier alpha value is -2.25. The molecule has 2 aromatic rings. The minimum absolute atomic E-state index is 0.0942. The lowest BCUT2D eigenvalue weighted by Crippen LogP contribution is -2.17. The number of carbonyl (C=O) groups excluding carboxylic acids is 1. The molecule has 0 aliphatic carbocycles. The average molecular weight is 235 g/mol. The van der Waals surface area contributed by atoms with Crippen LogP contribution in [0.4, 0.5) is 5.95 Å². The first kappa shape index (κ1) is 11.2. The van der Waals surface area contributed by atoms with E-state index in [-0.39, 0.29) is 11.7 Å². The Bertz CT molecular complexity index is 527. The summed E-state index contributed by atoms with van der Waals surface area (Å²) < 4.78 is 1.45. The number of H-pyrrole nitrogens is 1. The van der Waals surface area contributed by atoms with Crippen molar-refractivity contribution in [3.8, 4) is 0 Å². The van der Waals surface area contributed by atoms with Crippen LogP contribution in [0.2, 0.25) is 0 Å². The first-order chi connectivity index (χ1) is 8.08. The maximum Gasteiger partial charge on any atom is 0.297 e. The molecule has 2 heterocycles. The number of carbonyl (C=O) groups is 1. The second-order valence-corrected chi connectivity index (χ2v) is 3.86. The molecule has 2 N–H and O–H groups in total. The van der Waals surface area contributed by atoms with E-state index in [1.165, 1.54) is 11.0 Å². The fourth-order valence-corrected chi connectivity index (χ4v) is 1.20. The summed E-state index contributed by atoms with van der Waals surface area (Å²) in [6.07, 6.45) is 1.35. The Kier molecular flexibility index (Phi) is 2.86. The number of anilines is 1. The van der Waals surface area contributed by atoms with Crippen LogP contribution >= 0.6 is 0 Å². The fourth-order valence-electron chi connectivity index (χ4n) is 1.20. The minimum atomic E-state index is -0.413. The van der Waals surface area contributed by atoms with E-state index in [1.54, 1.807) is 7.05 Å². The molecular weight excluding hydrogens is 222 g/mol. The van der Waals surface area contributed by atoms with Crippen molar-refractivity contribution < 1.29 is 4.79 Å². The number of amides is 1. The lowest BCUT2D eigenvalue weighted by Gasteiger charge is -1.99. The molecule has 0 aliphatic heterocycles. The predicted molar refractivity (Wildman–Crippen MR) is 59.4 cm³/mol. The quantitative estimate of drug-likeness (QED) is 0.797. The van der Waals surface area contributed by atoms with Crippen LogP contribution in [0, 0.1) is 0 Å². The molecule has 90 valence electrons. The van der Waals surface area contributed by atoms with Gasteiger partial charge in [0.1, 0.15) is 12.2 Å². The summed E-state index contributed by atoms with van der Waals surface area (Å²) in [5.74, 6) is 0.902. The molecule has 0 unspecified atom stereocenters. The van der Waals surface area contributed by atoms with Gasteiger partial charge in [0.15, 0.2) is 0 Å². The highest BCUT2D eigenvalue weighted by molar-refractivity contribution is 6.00. The van der Waals surface area contributed by atoms with Crippen LogP contribution in [-0.4, -0.2) is 35.9 Å². The third kappa shape index (κ3) is 2.30. The molecule has 8 nitrogen and oxygen atoms in total. The van der Waals surface area contributed by atoms with Gasteiger partial charge in [0.2, 0.25) is 11.8 Å². The number of hydrogen-bond acceptors (Lipinski definition) is 5. The molecule has 0 fully saturated rings. The average Bonchev–Trinajstić information content (AvgIpc) is 2.88. The Morgan fingerprint density at radius 3 is 2.82 bits per heavy atom. The lowest BCUT2D eigenvalue weighted by molar-refractivity contribution is 0.101. The van der Waals surface area contributed by atoms with Gasteiger partial charge in [-0.1, -0.05) is 13.8 Å². The number of rotatable bonds is 3. The normalized spacial score (nSPS) is 10.8. The Labute approximate surface area is 97.5 Å². The van der Waals surface area contributed by atoms with Crippen LogP contribution in [0.25, 0.3) is 0 Å². The van der Waals surface area contributed by atoms with Crippen molar-refractivity contribution in [2.75, 3.05) is 5.32 Å². The molecule has 0 saturated carbocycles. The number of aromatic nitrogens is 6. The number of aromatic amines is 1. The van der Waals surface area contributed by atoms with Gasteiger partial charge in [-0.05, 0) is 0 Å². The summed E-state index contributed by atoms with van der Waals surface area (Å²) in [7, 11) is 1.68. The molecule has 2 rings (SSSR count). The summed E-state index contributed by atoms with van der Waals surface area (Å²) in [5, 5.41) is 13.0. The van der Waals surface area contributed by atoms with Crippen LogP contribution in [0.15, 0.2) is 6.33 Å². The van der Waals surface area contributed by atoms with Crippen LogP contribution < -0.4 is 5.32 Å². The van der Waals surface area contributed by atoms with E-state index in [0.717, 1.165) is 0 Å². The van der Waals surface area contributed by atoms with Crippen molar-refractivity contribution in [1.29, 1.82) is 0 Å². The van der Waals surface area contributed by atoms with Gasteiger partial charge in [-0.3, -0.25) is 15.2 Å². The summed E-state index contributed by atoms with van der Waals surface area (Å²) in [6, 6.07) is 0. The van der Waals surface area contributed by atoms with Crippen molar-refractivity contribution >= 4 is 11.9 Å². The highest BCUT2D eigenvalue weighted by atomic mass is 16.2. The van der Waals surface area contributed by atoms with Crippen LogP contribution in [0.1, 0.15) is 36.2 Å². The van der Waals surface area contributed by atoms with Crippen molar-refractivity contribution in [1.82, 2.24) is 29.9 Å². The summed E-state index contributed by atoms with van der Waals surface area (Å²) in [6.45, 7) is 3.93. The fraction of sp³-hybridized carbons (Fsp3) is 0.444. The Morgan fingerprint density at radius 1 is 1.53 bits per heavy atom. The van der Waals surface area contributed by atoms with Gasteiger partial charge in [0, 0.05) is 13.0 Å². The van der Waals surface area contributed by atoms with Crippen LogP contribution in [0.5, 0.6) is 0 Å². The zero-order chi connectivity index (χ0) is 12.4. The van der Waals surface area contributed by atoms with Gasteiger partial charge < -0.3 is 0 Å². The zero-order valence-corrected chi connectivity index (χ0v) is 9.80. The predicted octanol–water partition coefficient (Wildman–Crippen LogP) is 0.309. The highest BCUT2D eigenvalue weighted by Crippen LogP contribution is 2.08. The Morgan fingerprint density at radius 2 is 2.29 bits per heavy atom. The lowest BCUT2D eigenvalue weighted by atomic mass is 10.2. The smallest absolute Gasteiger partial charge is 0.288 e. The minimum Gasteiger partial charge on any atom is -0.288 e. The van der Waals surface area contributed by atoms with Crippen molar-refractivity contribution in [2.24, 2.45) is 7.05 Å². The second-order valence-electron chi connectivity index (χ2n) is 3.86. The van der Waals surface area contributed by atoms with E-state index in [4.69, 9.17) is 0 Å². The van der Waals surface area contributed by atoms with Gasteiger partial charge in [0.25, 0.3) is 5.91 Å². The number of nitrogens with one attached hydrogen (secondary N) is 2. The first-order valence-electron chi connectivity index (χ1n) is 5.15. The molecule has 0 aromatic carbocycles. The van der Waals surface area contributed by atoms with Gasteiger partial charge in [-0.25, -0.2) is 9.67 Å². The highest BCUT2D eigenvalue weighted by Gasteiger charge is 2.15. The molecule has 2 aromatic heterocycles. The van der Waals surface area contributed by atoms with E-state index in [9.17, 15) is 4.79 Å². The largest absolute Gasteiger partial charge is 0.297 e. The molecule has 1 amide bonds. The van der Waals surface area contributed by atoms with Gasteiger partial charge in [0.05, 0.1) is 0 Å². The van der Waals surface area contributed by atoms with E-state index < -0.39 is 5.91 Å². The molecule has 0 aliphatic rings. The van der Waals surface area contributed by atoms with Crippen molar-refractivity contribution in [3.05, 3.63) is 18.0 Å². The first-order valence-corrected chi connectivity index (χ1v) is 5.15. The zero-order valence-electron chi connectivity index (χ0n) is 9.80.